The van der Waals surface area contributed by atoms with Crippen LogP contribution < -0.4 is 9.64 Å². The number of aryl methyl sites for hydroxylation is 2. The largest absolute Gasteiger partial charge is 0.497 e. The molecule has 0 unspecified atom stereocenters. The van der Waals surface area contributed by atoms with Crippen molar-refractivity contribution in [3.8, 4) is 11.4 Å². The van der Waals surface area contributed by atoms with Crippen LogP contribution in [0.3, 0.4) is 0 Å². The Morgan fingerprint density at radius 3 is 2.49 bits per heavy atom. The Morgan fingerprint density at radius 1 is 1.00 bits per heavy atom. The lowest BCUT2D eigenvalue weighted by Crippen LogP contribution is -2.46. The summed E-state index contributed by atoms with van der Waals surface area (Å²) >= 11 is 0. The van der Waals surface area contributed by atoms with Gasteiger partial charge in [0, 0.05) is 39.1 Å². The smallest absolute Gasteiger partial charge is 0.168 e. The van der Waals surface area contributed by atoms with Gasteiger partial charge < -0.3 is 9.64 Å². The van der Waals surface area contributed by atoms with Crippen LogP contribution in [-0.4, -0.2) is 57.9 Å². The zero-order valence-electron chi connectivity index (χ0n) is 20.5. The molecule has 0 aliphatic carbocycles. The van der Waals surface area contributed by atoms with Gasteiger partial charge in [-0.2, -0.15) is 5.10 Å². The number of anilines is 1. The predicted molar refractivity (Wildman–Crippen MR) is 136 cm³/mol. The Morgan fingerprint density at radius 2 is 1.77 bits per heavy atom. The molecule has 8 heteroatoms. The molecule has 182 valence electrons. The van der Waals surface area contributed by atoms with E-state index in [-0.39, 0.29) is 5.82 Å². The molecule has 0 bridgehead atoms. The number of piperazine rings is 1. The minimum Gasteiger partial charge on any atom is -0.497 e. The second kappa shape index (κ2) is 10.00. The summed E-state index contributed by atoms with van der Waals surface area (Å²) in [6.45, 7) is 8.66. The van der Waals surface area contributed by atoms with Crippen LogP contribution in [0.5, 0.6) is 5.75 Å². The first kappa shape index (κ1) is 23.2. The van der Waals surface area contributed by atoms with Gasteiger partial charge in [0.05, 0.1) is 23.9 Å². The fourth-order valence-electron chi connectivity index (χ4n) is 4.68. The molecule has 0 amide bonds. The molecule has 7 nitrogen and oxygen atoms in total. The number of fused-ring (bicyclic) bond motifs is 1. The van der Waals surface area contributed by atoms with E-state index in [0.29, 0.717) is 0 Å². The number of rotatable bonds is 7. The van der Waals surface area contributed by atoms with E-state index in [9.17, 15) is 4.39 Å². The Hall–Kier alpha value is -3.52. The van der Waals surface area contributed by atoms with Crippen LogP contribution in [0, 0.1) is 12.7 Å². The van der Waals surface area contributed by atoms with Crippen molar-refractivity contribution in [1.29, 1.82) is 0 Å². The Labute approximate surface area is 205 Å². The van der Waals surface area contributed by atoms with Gasteiger partial charge >= 0.3 is 0 Å². The Balaban J connectivity index is 1.43. The lowest BCUT2D eigenvalue weighted by molar-refractivity contribution is 0.249. The normalized spacial score (nSPS) is 14.6. The summed E-state index contributed by atoms with van der Waals surface area (Å²) in [5.74, 6) is 2.39. The second-order valence-corrected chi connectivity index (χ2v) is 9.00. The zero-order chi connectivity index (χ0) is 24.4. The highest BCUT2D eigenvalue weighted by molar-refractivity contribution is 5.91. The molecule has 1 aliphatic rings. The van der Waals surface area contributed by atoms with Crippen molar-refractivity contribution < 1.29 is 9.13 Å². The van der Waals surface area contributed by atoms with E-state index in [1.54, 1.807) is 19.2 Å². The van der Waals surface area contributed by atoms with Gasteiger partial charge in [-0.15, -0.1) is 0 Å². The summed E-state index contributed by atoms with van der Waals surface area (Å²) in [6, 6.07) is 14.6. The maximum absolute atomic E-state index is 13.5. The summed E-state index contributed by atoms with van der Waals surface area (Å²) in [5.41, 5.74) is 3.70. The van der Waals surface area contributed by atoms with Crippen molar-refractivity contribution in [2.45, 2.75) is 33.2 Å². The highest BCUT2D eigenvalue weighted by Crippen LogP contribution is 2.30. The van der Waals surface area contributed by atoms with Crippen molar-refractivity contribution in [2.24, 2.45) is 0 Å². The van der Waals surface area contributed by atoms with Crippen molar-refractivity contribution in [3.05, 3.63) is 71.4 Å². The van der Waals surface area contributed by atoms with Crippen LogP contribution in [-0.2, 0) is 13.0 Å². The topological polar surface area (TPSA) is 59.3 Å². The minimum atomic E-state index is -0.268. The van der Waals surface area contributed by atoms with Crippen LogP contribution in [0.15, 0.2) is 48.5 Å². The number of hydrogen-bond donors (Lipinski definition) is 0. The maximum Gasteiger partial charge on any atom is 0.168 e. The highest BCUT2D eigenvalue weighted by Gasteiger charge is 2.24. The Kier molecular flexibility index (Phi) is 6.63. The number of halogens is 1. The van der Waals surface area contributed by atoms with Crippen molar-refractivity contribution in [1.82, 2.24) is 24.6 Å². The van der Waals surface area contributed by atoms with E-state index in [4.69, 9.17) is 19.8 Å². The summed E-state index contributed by atoms with van der Waals surface area (Å²) < 4.78 is 20.7. The molecule has 5 rings (SSSR count). The minimum absolute atomic E-state index is 0.268. The SMILES string of the molecule is CCCc1nc(N2CCN(Cc3cccc(OC)c3)CC2)c2c(C)nn(-c3ccc(F)cc3)c2n1. The van der Waals surface area contributed by atoms with Crippen LogP contribution in [0.2, 0.25) is 0 Å². The predicted octanol–water partition coefficient (Wildman–Crippen LogP) is 4.55. The third-order valence-electron chi connectivity index (χ3n) is 6.49. The molecule has 3 heterocycles. The number of aromatic nitrogens is 4. The second-order valence-electron chi connectivity index (χ2n) is 9.00. The number of hydrogen-bond acceptors (Lipinski definition) is 6. The maximum atomic E-state index is 13.5. The fraction of sp³-hybridized carbons (Fsp3) is 0.370. The van der Waals surface area contributed by atoms with E-state index in [0.717, 1.165) is 85.4 Å². The molecule has 4 aromatic rings. The summed E-state index contributed by atoms with van der Waals surface area (Å²) in [7, 11) is 1.70. The third-order valence-corrected chi connectivity index (χ3v) is 6.49. The number of ether oxygens (including phenoxy) is 1. The molecule has 0 atom stereocenters. The van der Waals surface area contributed by atoms with Crippen LogP contribution in [0.25, 0.3) is 16.7 Å². The molecule has 1 saturated heterocycles. The average Bonchev–Trinajstić information content (AvgIpc) is 3.21. The van der Waals surface area contributed by atoms with E-state index in [2.05, 4.69) is 28.9 Å². The first-order valence-corrected chi connectivity index (χ1v) is 12.2. The van der Waals surface area contributed by atoms with E-state index in [1.807, 2.05) is 23.7 Å². The molecule has 35 heavy (non-hydrogen) atoms. The molecule has 2 aromatic carbocycles. The van der Waals surface area contributed by atoms with E-state index >= 15 is 0 Å². The summed E-state index contributed by atoms with van der Waals surface area (Å²) in [4.78, 5) is 14.7. The number of benzene rings is 2. The lowest BCUT2D eigenvalue weighted by Gasteiger charge is -2.35. The first-order valence-electron chi connectivity index (χ1n) is 12.2. The summed E-state index contributed by atoms with van der Waals surface area (Å²) in [5, 5.41) is 5.74. The van der Waals surface area contributed by atoms with Gasteiger partial charge in [0.1, 0.15) is 23.2 Å². The van der Waals surface area contributed by atoms with Crippen molar-refractivity contribution in [3.63, 3.8) is 0 Å². The molecule has 0 N–H and O–H groups in total. The fourth-order valence-corrected chi connectivity index (χ4v) is 4.68. The average molecular weight is 475 g/mol. The molecule has 1 fully saturated rings. The van der Waals surface area contributed by atoms with Crippen LogP contribution >= 0.6 is 0 Å². The summed E-state index contributed by atoms with van der Waals surface area (Å²) in [6.07, 6.45) is 1.76. The number of methoxy groups -OCH3 is 1. The first-order chi connectivity index (χ1) is 17.1. The molecule has 0 saturated carbocycles. The van der Waals surface area contributed by atoms with E-state index < -0.39 is 0 Å². The molecular formula is C27H31FN6O. The van der Waals surface area contributed by atoms with Crippen LogP contribution in [0.4, 0.5) is 10.2 Å². The molecule has 1 aliphatic heterocycles. The van der Waals surface area contributed by atoms with Gasteiger partial charge in [0.15, 0.2) is 5.65 Å². The Bertz CT molecular complexity index is 1310. The monoisotopic (exact) mass is 474 g/mol. The molecular weight excluding hydrogens is 443 g/mol. The zero-order valence-corrected chi connectivity index (χ0v) is 20.5. The molecule has 0 spiro atoms. The van der Waals surface area contributed by atoms with Gasteiger partial charge in [0.25, 0.3) is 0 Å². The standard InChI is InChI=1S/C27H31FN6O/c1-4-6-24-29-26(25-19(2)31-34(27(25)30-24)22-11-9-21(28)10-12-22)33-15-13-32(14-16-33)18-20-7-5-8-23(17-20)35-3/h5,7-12,17H,4,6,13-16,18H2,1-3H3. The van der Waals surface area contributed by atoms with Gasteiger partial charge in [-0.05, 0) is 55.3 Å². The lowest BCUT2D eigenvalue weighted by atomic mass is 10.1. The van der Waals surface area contributed by atoms with Gasteiger partial charge in [-0.25, -0.2) is 19.0 Å². The van der Waals surface area contributed by atoms with Gasteiger partial charge in [-0.1, -0.05) is 19.1 Å². The quantitative estimate of drug-likeness (QED) is 0.392. The molecule has 2 aromatic heterocycles. The van der Waals surface area contributed by atoms with Gasteiger partial charge in [0.2, 0.25) is 0 Å². The highest BCUT2D eigenvalue weighted by atomic mass is 19.1. The van der Waals surface area contributed by atoms with Gasteiger partial charge in [-0.3, -0.25) is 4.90 Å². The van der Waals surface area contributed by atoms with E-state index in [1.165, 1.54) is 17.7 Å². The number of nitrogens with zero attached hydrogens (tertiary/aromatic N) is 6. The molecule has 0 radical (unpaired) electrons. The third kappa shape index (κ3) is 4.84. The van der Waals surface area contributed by atoms with Crippen LogP contribution in [0.1, 0.15) is 30.4 Å². The van der Waals surface area contributed by atoms with Crippen molar-refractivity contribution >= 4 is 16.9 Å². The van der Waals surface area contributed by atoms with Crippen molar-refractivity contribution in [2.75, 3.05) is 38.2 Å².